The SMILES string of the molecule is Cc1ccccc1-c1cccc2c1oc1c(N(c3ccccc3)c3ccc4c5c(c6ccccc6c4c3)-c3c(cc(N(c4ccccc4)c4cccc6c4oc4c(-c7ccccc7C)cccc46)c4ccccc34)C5(C(C)(C)C)C(C)(C)C)cccc12. The Balaban J connectivity index is 0.966. The molecule has 0 saturated heterocycles. The molecule has 1 aliphatic rings. The van der Waals surface area contributed by atoms with E-state index in [2.05, 4.69) is 320 Å². The Labute approximate surface area is 508 Å². The minimum Gasteiger partial charge on any atom is -0.453 e. The molecular weight excluding hydrogens is 1060 g/mol. The molecule has 4 nitrogen and oxygen atoms in total. The van der Waals surface area contributed by atoms with E-state index in [9.17, 15) is 0 Å². The van der Waals surface area contributed by atoms with Crippen LogP contribution in [-0.2, 0) is 5.41 Å². The molecule has 16 rings (SSSR count). The van der Waals surface area contributed by atoms with Gasteiger partial charge in [0.2, 0.25) is 0 Å². The zero-order chi connectivity index (χ0) is 59.1. The number of nitrogens with zero attached hydrogens (tertiary/aromatic N) is 2. The Morgan fingerprint density at radius 1 is 0.287 bits per heavy atom. The van der Waals surface area contributed by atoms with E-state index in [1.807, 2.05) is 0 Å². The number of furan rings is 2. The number of benzene rings is 13. The van der Waals surface area contributed by atoms with Gasteiger partial charge in [0.15, 0.2) is 11.2 Å². The number of anilines is 6. The lowest BCUT2D eigenvalue weighted by molar-refractivity contribution is 0.0965. The second-order valence-electron chi connectivity index (χ2n) is 26.0. The van der Waals surface area contributed by atoms with Gasteiger partial charge >= 0.3 is 0 Å². The second-order valence-corrected chi connectivity index (χ2v) is 26.0. The van der Waals surface area contributed by atoms with E-state index < -0.39 is 5.41 Å². The molecule has 2 heterocycles. The first-order chi connectivity index (χ1) is 42.3. The van der Waals surface area contributed by atoms with Crippen molar-refractivity contribution in [2.24, 2.45) is 10.8 Å². The highest BCUT2D eigenvalue weighted by Crippen LogP contribution is 2.69. The molecule has 0 amide bonds. The lowest BCUT2D eigenvalue weighted by Gasteiger charge is -2.53. The van der Waals surface area contributed by atoms with Crippen molar-refractivity contribution < 1.29 is 8.83 Å². The van der Waals surface area contributed by atoms with Crippen molar-refractivity contribution in [3.8, 4) is 33.4 Å². The fourth-order valence-corrected chi connectivity index (χ4v) is 16.0. The molecule has 0 radical (unpaired) electrons. The number of aryl methyl sites for hydroxylation is 2. The summed E-state index contributed by atoms with van der Waals surface area (Å²) in [6, 6.07) is 93.5. The van der Waals surface area contributed by atoms with E-state index in [-0.39, 0.29) is 10.8 Å². The highest BCUT2D eigenvalue weighted by molar-refractivity contribution is 6.24. The summed E-state index contributed by atoms with van der Waals surface area (Å²) >= 11 is 0. The third-order valence-electron chi connectivity index (χ3n) is 19.2. The maximum atomic E-state index is 7.34. The zero-order valence-corrected chi connectivity index (χ0v) is 50.5. The van der Waals surface area contributed by atoms with Gasteiger partial charge in [0.1, 0.15) is 11.2 Å². The average Bonchev–Trinajstić information content (AvgIpc) is 1.52. The first kappa shape index (κ1) is 52.4. The van der Waals surface area contributed by atoms with Gasteiger partial charge in [-0.05, 0) is 151 Å². The van der Waals surface area contributed by atoms with Crippen LogP contribution in [0.5, 0.6) is 0 Å². The Hall–Kier alpha value is -10.2. The standard InChI is InChI=1S/C83H66N2O2/c1-51-27-15-17-33-56(51)63-39-23-41-65-67-43-25-45-71(79(67)86-77(63)65)84(53-29-11-9-12-30-53)55-47-48-62-69(49-55)58-35-19-21-37-60(58)75-74-61-38-22-20-36-59(61)73(50-70(74)83(76(62)75,81(3,4)5)82(6,7)8)85(54-31-13-10-14-32-54)72-46-26-44-68-66-42-24-40-64(78(66)87-80(68)72)57-34-18-16-28-52(57)2/h9-50H,1-8H3. The van der Waals surface area contributed by atoms with Gasteiger partial charge < -0.3 is 18.6 Å². The Morgan fingerprint density at radius 3 is 1.23 bits per heavy atom. The quantitative estimate of drug-likeness (QED) is 0.142. The largest absolute Gasteiger partial charge is 0.453 e. The Kier molecular flexibility index (Phi) is 11.7. The summed E-state index contributed by atoms with van der Waals surface area (Å²) in [5.41, 5.74) is 20.8. The average molecular weight is 1120 g/mol. The summed E-state index contributed by atoms with van der Waals surface area (Å²) < 4.78 is 14.6. The smallest absolute Gasteiger partial charge is 0.159 e. The fourth-order valence-electron chi connectivity index (χ4n) is 16.0. The highest BCUT2D eigenvalue weighted by atomic mass is 16.3. The molecule has 0 spiro atoms. The lowest BCUT2D eigenvalue weighted by Crippen LogP contribution is -2.50. The van der Waals surface area contributed by atoms with Crippen LogP contribution < -0.4 is 9.80 Å². The van der Waals surface area contributed by atoms with Crippen molar-refractivity contribution in [1.82, 2.24) is 0 Å². The van der Waals surface area contributed by atoms with Gasteiger partial charge in [-0.1, -0.05) is 242 Å². The topological polar surface area (TPSA) is 32.8 Å². The van der Waals surface area contributed by atoms with E-state index >= 15 is 0 Å². The molecule has 1 aliphatic carbocycles. The van der Waals surface area contributed by atoms with Crippen molar-refractivity contribution in [1.29, 1.82) is 0 Å². The van der Waals surface area contributed by atoms with E-state index in [1.165, 1.54) is 76.8 Å². The fraction of sp³-hybridized carbons (Fsp3) is 0.133. The summed E-state index contributed by atoms with van der Waals surface area (Å²) in [5, 5.41) is 11.7. The molecule has 0 N–H and O–H groups in total. The van der Waals surface area contributed by atoms with Gasteiger partial charge in [-0.15, -0.1) is 0 Å². The molecular formula is C83H66N2O2. The first-order valence-corrected chi connectivity index (χ1v) is 30.6. The van der Waals surface area contributed by atoms with Gasteiger partial charge in [0.25, 0.3) is 0 Å². The predicted molar refractivity (Wildman–Crippen MR) is 368 cm³/mol. The molecule has 2 aromatic heterocycles. The van der Waals surface area contributed by atoms with Gasteiger partial charge in [-0.2, -0.15) is 0 Å². The zero-order valence-electron chi connectivity index (χ0n) is 50.5. The minimum absolute atomic E-state index is 0.314. The molecule has 0 bridgehead atoms. The number of para-hydroxylation sites is 6. The number of hydrogen-bond acceptors (Lipinski definition) is 4. The van der Waals surface area contributed by atoms with Crippen molar-refractivity contribution >= 4 is 110 Å². The van der Waals surface area contributed by atoms with Crippen LogP contribution in [0.1, 0.15) is 63.8 Å². The van der Waals surface area contributed by atoms with E-state index in [0.717, 1.165) is 89.1 Å². The monoisotopic (exact) mass is 1120 g/mol. The molecule has 13 aromatic carbocycles. The summed E-state index contributed by atoms with van der Waals surface area (Å²) in [7, 11) is 0. The maximum absolute atomic E-state index is 7.34. The van der Waals surface area contributed by atoms with Gasteiger partial charge in [-0.25, -0.2) is 0 Å². The Morgan fingerprint density at radius 2 is 0.701 bits per heavy atom. The highest BCUT2D eigenvalue weighted by Gasteiger charge is 2.59. The minimum atomic E-state index is -0.544. The van der Waals surface area contributed by atoms with Crippen LogP contribution in [-0.4, -0.2) is 0 Å². The number of hydrogen-bond donors (Lipinski definition) is 0. The maximum Gasteiger partial charge on any atom is 0.159 e. The summed E-state index contributed by atoms with van der Waals surface area (Å²) in [4.78, 5) is 4.88. The van der Waals surface area contributed by atoms with Crippen molar-refractivity contribution in [3.63, 3.8) is 0 Å². The van der Waals surface area contributed by atoms with E-state index in [4.69, 9.17) is 8.83 Å². The van der Waals surface area contributed by atoms with Crippen LogP contribution in [0.3, 0.4) is 0 Å². The molecule has 0 unspecified atom stereocenters. The molecule has 0 fully saturated rings. The molecule has 0 atom stereocenters. The third-order valence-corrected chi connectivity index (χ3v) is 19.2. The van der Waals surface area contributed by atoms with Crippen LogP contribution in [0.15, 0.2) is 264 Å². The number of rotatable bonds is 8. The third kappa shape index (κ3) is 7.63. The van der Waals surface area contributed by atoms with Gasteiger partial charge in [-0.3, -0.25) is 0 Å². The molecule has 87 heavy (non-hydrogen) atoms. The van der Waals surface area contributed by atoms with Crippen molar-refractivity contribution in [3.05, 3.63) is 277 Å². The first-order valence-electron chi connectivity index (χ1n) is 30.6. The van der Waals surface area contributed by atoms with Crippen molar-refractivity contribution in [2.75, 3.05) is 9.80 Å². The molecule has 15 aromatic rings. The normalized spacial score (nSPS) is 13.1. The molecule has 420 valence electrons. The van der Waals surface area contributed by atoms with Crippen LogP contribution in [0.25, 0.3) is 110 Å². The predicted octanol–water partition coefficient (Wildman–Crippen LogP) is 24.2. The Bertz CT molecular complexity index is 5270. The van der Waals surface area contributed by atoms with E-state index in [1.54, 1.807) is 0 Å². The van der Waals surface area contributed by atoms with Crippen LogP contribution in [0.2, 0.25) is 0 Å². The van der Waals surface area contributed by atoms with Crippen molar-refractivity contribution in [2.45, 2.75) is 60.8 Å². The van der Waals surface area contributed by atoms with Crippen LogP contribution >= 0.6 is 0 Å². The number of fused-ring (bicyclic) bond motifs is 16. The molecule has 4 heteroatoms. The molecule has 0 aliphatic heterocycles. The van der Waals surface area contributed by atoms with Crippen LogP contribution in [0, 0.1) is 24.7 Å². The van der Waals surface area contributed by atoms with Gasteiger partial charge in [0.05, 0.1) is 17.1 Å². The summed E-state index contributed by atoms with van der Waals surface area (Å²) in [6.07, 6.45) is 0. The van der Waals surface area contributed by atoms with Gasteiger partial charge in [0, 0.05) is 60.5 Å². The van der Waals surface area contributed by atoms with Crippen LogP contribution in [0.4, 0.5) is 34.1 Å². The summed E-state index contributed by atoms with van der Waals surface area (Å²) in [5.74, 6) is 0. The second kappa shape index (κ2) is 19.4. The lowest BCUT2D eigenvalue weighted by atomic mass is 9.49. The van der Waals surface area contributed by atoms with E-state index in [0.29, 0.717) is 0 Å². The molecule has 0 saturated carbocycles. The summed E-state index contributed by atoms with van der Waals surface area (Å²) in [6.45, 7) is 19.2.